The minimum atomic E-state index is -0.209. The summed E-state index contributed by atoms with van der Waals surface area (Å²) < 4.78 is 13.1. The standard InChI is InChI=1S/C23H24FN3OS/c1-16-2-8-19(9-3-16)25-22(28)12-23-26-20(15-29-23)14-27(21-10-11-21)13-17-4-6-18(24)7-5-17/h2-9,15,21H,10-14H2,1H3,(H,25,28). The van der Waals surface area contributed by atoms with E-state index in [0.717, 1.165) is 40.6 Å². The monoisotopic (exact) mass is 409 g/mol. The summed E-state index contributed by atoms with van der Waals surface area (Å²) in [6, 6.07) is 15.0. The van der Waals surface area contributed by atoms with E-state index in [9.17, 15) is 9.18 Å². The highest BCUT2D eigenvalue weighted by atomic mass is 32.1. The van der Waals surface area contributed by atoms with Crippen LogP contribution >= 0.6 is 11.3 Å². The Kier molecular flexibility index (Phi) is 6.02. The minimum absolute atomic E-state index is 0.0554. The Morgan fingerprint density at radius 1 is 1.14 bits per heavy atom. The molecule has 1 fully saturated rings. The number of aryl methyl sites for hydroxylation is 1. The third-order valence-corrected chi connectivity index (χ3v) is 5.87. The minimum Gasteiger partial charge on any atom is -0.326 e. The van der Waals surface area contributed by atoms with Gasteiger partial charge in [0.05, 0.1) is 12.1 Å². The molecule has 0 spiro atoms. The highest BCUT2D eigenvalue weighted by molar-refractivity contribution is 7.09. The lowest BCUT2D eigenvalue weighted by atomic mass is 10.2. The Balaban J connectivity index is 1.34. The molecular weight excluding hydrogens is 385 g/mol. The van der Waals surface area contributed by atoms with Crippen LogP contribution in [0.1, 0.15) is 34.7 Å². The van der Waals surface area contributed by atoms with Crippen LogP contribution in [0.4, 0.5) is 10.1 Å². The maximum absolute atomic E-state index is 13.1. The molecule has 1 amide bonds. The van der Waals surface area contributed by atoms with E-state index >= 15 is 0 Å². The molecular formula is C23H24FN3OS. The number of anilines is 1. The van der Waals surface area contributed by atoms with Crippen LogP contribution in [0.3, 0.4) is 0 Å². The second-order valence-corrected chi connectivity index (χ2v) is 8.53. The second-order valence-electron chi connectivity index (χ2n) is 7.59. The van der Waals surface area contributed by atoms with Crippen LogP contribution in [-0.4, -0.2) is 21.8 Å². The lowest BCUT2D eigenvalue weighted by Gasteiger charge is -2.21. The zero-order valence-electron chi connectivity index (χ0n) is 16.4. The average Bonchev–Trinajstić information content (AvgIpc) is 3.46. The first-order valence-corrected chi connectivity index (χ1v) is 10.7. The van der Waals surface area contributed by atoms with E-state index in [2.05, 4.69) is 15.2 Å². The molecule has 4 nitrogen and oxygen atoms in total. The zero-order valence-corrected chi connectivity index (χ0v) is 17.2. The molecule has 1 aromatic heterocycles. The summed E-state index contributed by atoms with van der Waals surface area (Å²) in [5.74, 6) is -0.264. The van der Waals surface area contributed by atoms with Crippen molar-refractivity contribution in [2.75, 3.05) is 5.32 Å². The fourth-order valence-electron chi connectivity index (χ4n) is 3.27. The molecule has 6 heteroatoms. The Morgan fingerprint density at radius 3 is 2.55 bits per heavy atom. The van der Waals surface area contributed by atoms with Crippen LogP contribution in [0.2, 0.25) is 0 Å². The summed E-state index contributed by atoms with van der Waals surface area (Å²) in [7, 11) is 0. The van der Waals surface area contributed by atoms with Crippen molar-refractivity contribution in [3.8, 4) is 0 Å². The fourth-order valence-corrected chi connectivity index (χ4v) is 4.05. The molecule has 1 saturated carbocycles. The Labute approximate surface area is 174 Å². The number of halogens is 1. The van der Waals surface area contributed by atoms with Gasteiger partial charge in [-0.1, -0.05) is 29.8 Å². The van der Waals surface area contributed by atoms with Gasteiger partial charge in [0.2, 0.25) is 5.91 Å². The fraction of sp³-hybridized carbons (Fsp3) is 0.304. The highest BCUT2D eigenvalue weighted by Gasteiger charge is 2.29. The number of nitrogens with one attached hydrogen (secondary N) is 1. The third kappa shape index (κ3) is 5.71. The lowest BCUT2D eigenvalue weighted by Crippen LogP contribution is -2.25. The quantitative estimate of drug-likeness (QED) is 0.573. The molecule has 1 aliphatic carbocycles. The van der Waals surface area contributed by atoms with Crippen LogP contribution in [0.15, 0.2) is 53.9 Å². The number of thiazole rings is 1. The van der Waals surface area contributed by atoms with Crippen molar-refractivity contribution in [3.63, 3.8) is 0 Å². The molecule has 0 saturated heterocycles. The molecule has 0 aliphatic heterocycles. The van der Waals surface area contributed by atoms with Crippen LogP contribution in [0.25, 0.3) is 0 Å². The number of nitrogens with zero attached hydrogens (tertiary/aromatic N) is 2. The zero-order chi connectivity index (χ0) is 20.2. The van der Waals surface area contributed by atoms with Crippen LogP contribution in [-0.2, 0) is 24.3 Å². The van der Waals surface area contributed by atoms with Gasteiger partial charge in [-0.2, -0.15) is 0 Å². The van der Waals surface area contributed by atoms with Crippen LogP contribution < -0.4 is 5.32 Å². The molecule has 150 valence electrons. The molecule has 1 heterocycles. The molecule has 0 atom stereocenters. The Hall–Kier alpha value is -2.57. The first kappa shape index (κ1) is 19.7. The predicted octanol–water partition coefficient (Wildman–Crippen LogP) is 4.94. The molecule has 29 heavy (non-hydrogen) atoms. The molecule has 2 aromatic carbocycles. The summed E-state index contributed by atoms with van der Waals surface area (Å²) in [6.07, 6.45) is 2.66. The van der Waals surface area contributed by atoms with Crippen LogP contribution in [0, 0.1) is 12.7 Å². The maximum atomic E-state index is 13.1. The van der Waals surface area contributed by atoms with Crippen molar-refractivity contribution in [2.24, 2.45) is 0 Å². The molecule has 1 N–H and O–H groups in total. The first-order chi connectivity index (χ1) is 14.0. The van der Waals surface area contributed by atoms with Gasteiger partial charge < -0.3 is 5.32 Å². The van der Waals surface area contributed by atoms with Crippen LogP contribution in [0.5, 0.6) is 0 Å². The van der Waals surface area contributed by atoms with Gasteiger partial charge in [0.1, 0.15) is 10.8 Å². The van der Waals surface area contributed by atoms with E-state index < -0.39 is 0 Å². The number of carbonyl (C=O) groups is 1. The van der Waals surface area contributed by atoms with Gasteiger partial charge in [-0.25, -0.2) is 9.37 Å². The molecule has 0 radical (unpaired) electrons. The van der Waals surface area contributed by atoms with Crippen molar-refractivity contribution in [1.29, 1.82) is 0 Å². The lowest BCUT2D eigenvalue weighted by molar-refractivity contribution is -0.115. The SMILES string of the molecule is Cc1ccc(NC(=O)Cc2nc(CN(Cc3ccc(F)cc3)C3CC3)cs2)cc1. The van der Waals surface area contributed by atoms with E-state index in [1.165, 1.54) is 36.3 Å². The number of rotatable bonds is 8. The van der Waals surface area contributed by atoms with Crippen molar-refractivity contribution in [3.05, 3.63) is 81.6 Å². The van der Waals surface area contributed by atoms with E-state index in [1.807, 2.05) is 48.7 Å². The normalized spacial score (nSPS) is 13.6. The maximum Gasteiger partial charge on any atom is 0.231 e. The topological polar surface area (TPSA) is 45.2 Å². The van der Waals surface area contributed by atoms with Crippen molar-refractivity contribution in [2.45, 2.75) is 45.3 Å². The van der Waals surface area contributed by atoms with Gasteiger partial charge >= 0.3 is 0 Å². The van der Waals surface area contributed by atoms with E-state index in [0.29, 0.717) is 6.04 Å². The third-order valence-electron chi connectivity index (χ3n) is 4.97. The Morgan fingerprint density at radius 2 is 1.86 bits per heavy atom. The second kappa shape index (κ2) is 8.84. The number of carbonyl (C=O) groups excluding carboxylic acids is 1. The molecule has 1 aliphatic rings. The van der Waals surface area contributed by atoms with Gasteiger partial charge in [-0.05, 0) is 49.6 Å². The summed E-state index contributed by atoms with van der Waals surface area (Å²) in [4.78, 5) is 19.4. The molecule has 3 aromatic rings. The number of amides is 1. The van der Waals surface area contributed by atoms with E-state index in [4.69, 9.17) is 0 Å². The molecule has 0 bridgehead atoms. The molecule has 4 rings (SSSR count). The van der Waals surface area contributed by atoms with Crippen molar-refractivity contribution < 1.29 is 9.18 Å². The number of hydrogen-bond acceptors (Lipinski definition) is 4. The smallest absolute Gasteiger partial charge is 0.231 e. The highest BCUT2D eigenvalue weighted by Crippen LogP contribution is 2.30. The van der Waals surface area contributed by atoms with Gasteiger partial charge in [-0.15, -0.1) is 11.3 Å². The first-order valence-electron chi connectivity index (χ1n) is 9.83. The number of aromatic nitrogens is 1. The van der Waals surface area contributed by atoms with Gasteiger partial charge in [0.25, 0.3) is 0 Å². The van der Waals surface area contributed by atoms with E-state index in [-0.39, 0.29) is 18.1 Å². The van der Waals surface area contributed by atoms with E-state index in [1.54, 1.807) is 0 Å². The largest absolute Gasteiger partial charge is 0.326 e. The van der Waals surface area contributed by atoms with Crippen molar-refractivity contribution >= 4 is 22.9 Å². The molecule has 0 unspecified atom stereocenters. The summed E-state index contributed by atoms with van der Waals surface area (Å²) in [6.45, 7) is 3.55. The summed E-state index contributed by atoms with van der Waals surface area (Å²) in [5.41, 5.74) is 4.05. The summed E-state index contributed by atoms with van der Waals surface area (Å²) in [5, 5.41) is 5.78. The summed E-state index contributed by atoms with van der Waals surface area (Å²) >= 11 is 1.53. The van der Waals surface area contributed by atoms with Crippen molar-refractivity contribution in [1.82, 2.24) is 9.88 Å². The van der Waals surface area contributed by atoms with Gasteiger partial charge in [0.15, 0.2) is 0 Å². The number of benzene rings is 2. The number of hydrogen-bond donors (Lipinski definition) is 1. The van der Waals surface area contributed by atoms with Gasteiger partial charge in [-0.3, -0.25) is 9.69 Å². The van der Waals surface area contributed by atoms with Gasteiger partial charge in [0, 0.05) is 30.2 Å². The average molecular weight is 410 g/mol. The predicted molar refractivity (Wildman–Crippen MR) is 114 cm³/mol. The Bertz CT molecular complexity index is 965.